The number of likely N-dealkylation sites (tertiary alicyclic amines) is 1. The number of piperidine rings is 1. The third-order valence-electron chi connectivity index (χ3n) is 6.24. The first-order valence-corrected chi connectivity index (χ1v) is 10.8. The molecule has 1 aliphatic heterocycles. The fourth-order valence-corrected chi connectivity index (χ4v) is 4.20. The molecule has 0 spiro atoms. The van der Waals surface area contributed by atoms with Gasteiger partial charge in [-0.3, -0.25) is 9.78 Å². The van der Waals surface area contributed by atoms with E-state index in [1.807, 2.05) is 48.5 Å². The standard InChI is InChI=1S/C25H26N2O4/c1-30-23-15-18-3-2-12-26-22(18)16-21(23)17-4-6-19(7-5-17)31-20-8-13-27(14-9-20)24(28)25(29)10-11-25/h2-7,12,15-16,20,29H,8-11,13-14H2,1H3. The number of aromatic nitrogens is 1. The number of hydrogen-bond acceptors (Lipinski definition) is 5. The maximum absolute atomic E-state index is 12.3. The molecule has 0 atom stereocenters. The predicted molar refractivity (Wildman–Crippen MR) is 118 cm³/mol. The average Bonchev–Trinajstić information content (AvgIpc) is 3.57. The van der Waals surface area contributed by atoms with Crippen molar-refractivity contribution in [3.05, 3.63) is 54.7 Å². The van der Waals surface area contributed by atoms with Crippen LogP contribution in [0.25, 0.3) is 22.0 Å². The summed E-state index contributed by atoms with van der Waals surface area (Å²) in [6, 6.07) is 16.0. The highest BCUT2D eigenvalue weighted by atomic mass is 16.5. The van der Waals surface area contributed by atoms with Gasteiger partial charge >= 0.3 is 0 Å². The van der Waals surface area contributed by atoms with Crippen molar-refractivity contribution >= 4 is 16.8 Å². The van der Waals surface area contributed by atoms with E-state index in [0.29, 0.717) is 25.9 Å². The number of amides is 1. The summed E-state index contributed by atoms with van der Waals surface area (Å²) in [5, 5.41) is 11.1. The highest BCUT2D eigenvalue weighted by Crippen LogP contribution is 2.38. The molecule has 3 aromatic rings. The monoisotopic (exact) mass is 418 g/mol. The fourth-order valence-electron chi connectivity index (χ4n) is 4.20. The molecule has 2 heterocycles. The lowest BCUT2D eigenvalue weighted by atomic mass is 10.0. The van der Waals surface area contributed by atoms with E-state index in [1.165, 1.54) is 0 Å². The summed E-state index contributed by atoms with van der Waals surface area (Å²) >= 11 is 0. The largest absolute Gasteiger partial charge is 0.496 e. The minimum absolute atomic E-state index is 0.0724. The number of hydrogen-bond donors (Lipinski definition) is 1. The second kappa shape index (κ2) is 7.85. The van der Waals surface area contributed by atoms with Gasteiger partial charge in [0.05, 0.1) is 12.6 Å². The van der Waals surface area contributed by atoms with Crippen molar-refractivity contribution in [1.29, 1.82) is 0 Å². The van der Waals surface area contributed by atoms with Crippen LogP contribution in [0, 0.1) is 0 Å². The third-order valence-corrected chi connectivity index (χ3v) is 6.24. The van der Waals surface area contributed by atoms with E-state index in [4.69, 9.17) is 9.47 Å². The van der Waals surface area contributed by atoms with Crippen molar-refractivity contribution in [2.75, 3.05) is 20.2 Å². The first-order chi connectivity index (χ1) is 15.1. The Bertz CT molecular complexity index is 1100. The minimum Gasteiger partial charge on any atom is -0.496 e. The van der Waals surface area contributed by atoms with Crippen LogP contribution in [-0.2, 0) is 4.79 Å². The van der Waals surface area contributed by atoms with Gasteiger partial charge in [-0.15, -0.1) is 0 Å². The minimum atomic E-state index is -1.08. The molecule has 160 valence electrons. The molecule has 6 nitrogen and oxygen atoms in total. The predicted octanol–water partition coefficient (Wildman–Crippen LogP) is 3.81. The first kappa shape index (κ1) is 19.8. The molecule has 2 fully saturated rings. The van der Waals surface area contributed by atoms with Gasteiger partial charge in [0, 0.05) is 43.1 Å². The number of rotatable bonds is 5. The van der Waals surface area contributed by atoms with Crippen LogP contribution in [0.4, 0.5) is 0 Å². The summed E-state index contributed by atoms with van der Waals surface area (Å²) in [5.41, 5.74) is 1.87. The van der Waals surface area contributed by atoms with Crippen LogP contribution in [0.2, 0.25) is 0 Å². The summed E-state index contributed by atoms with van der Waals surface area (Å²) in [6.07, 6.45) is 4.59. The van der Waals surface area contributed by atoms with Crippen LogP contribution in [0.5, 0.6) is 11.5 Å². The van der Waals surface area contributed by atoms with Crippen molar-refractivity contribution in [2.45, 2.75) is 37.4 Å². The van der Waals surface area contributed by atoms with Gasteiger partial charge in [0.2, 0.25) is 0 Å². The van der Waals surface area contributed by atoms with E-state index in [1.54, 1.807) is 18.2 Å². The Morgan fingerprint density at radius 3 is 2.55 bits per heavy atom. The van der Waals surface area contributed by atoms with E-state index in [-0.39, 0.29) is 12.0 Å². The van der Waals surface area contributed by atoms with Crippen molar-refractivity contribution in [1.82, 2.24) is 9.88 Å². The zero-order valence-corrected chi connectivity index (χ0v) is 17.6. The molecule has 2 aromatic carbocycles. The molecule has 1 amide bonds. The molecular weight excluding hydrogens is 392 g/mol. The molecule has 0 radical (unpaired) electrons. The van der Waals surface area contributed by atoms with Gasteiger partial charge in [-0.1, -0.05) is 18.2 Å². The average molecular weight is 418 g/mol. The van der Waals surface area contributed by atoms with Crippen LogP contribution in [0.1, 0.15) is 25.7 Å². The normalized spacial score (nSPS) is 18.1. The Morgan fingerprint density at radius 2 is 1.87 bits per heavy atom. The lowest BCUT2D eigenvalue weighted by Crippen LogP contribution is -2.46. The number of fused-ring (bicyclic) bond motifs is 1. The molecule has 1 N–H and O–H groups in total. The smallest absolute Gasteiger partial charge is 0.254 e. The Balaban J connectivity index is 1.26. The maximum Gasteiger partial charge on any atom is 0.254 e. The number of pyridine rings is 1. The molecule has 1 aromatic heterocycles. The van der Waals surface area contributed by atoms with Gasteiger partial charge in [-0.2, -0.15) is 0 Å². The number of aliphatic hydroxyl groups is 1. The number of ether oxygens (including phenoxy) is 2. The third kappa shape index (κ3) is 3.95. The maximum atomic E-state index is 12.3. The number of nitrogens with zero attached hydrogens (tertiary/aromatic N) is 2. The fraction of sp³-hybridized carbons (Fsp3) is 0.360. The molecular formula is C25H26N2O4. The molecule has 31 heavy (non-hydrogen) atoms. The van der Waals surface area contributed by atoms with Gasteiger partial charge in [0.25, 0.3) is 5.91 Å². The molecule has 5 rings (SSSR count). The molecule has 0 bridgehead atoms. The second-order valence-electron chi connectivity index (χ2n) is 8.41. The van der Waals surface area contributed by atoms with Crippen LogP contribution in [0.15, 0.2) is 54.7 Å². The number of benzene rings is 2. The van der Waals surface area contributed by atoms with E-state index in [0.717, 1.165) is 46.4 Å². The van der Waals surface area contributed by atoms with Crippen molar-refractivity contribution in [3.63, 3.8) is 0 Å². The molecule has 0 unspecified atom stereocenters. The van der Waals surface area contributed by atoms with Crippen LogP contribution in [0.3, 0.4) is 0 Å². The Morgan fingerprint density at radius 1 is 1.13 bits per heavy atom. The van der Waals surface area contributed by atoms with E-state index >= 15 is 0 Å². The molecule has 1 saturated carbocycles. The summed E-state index contributed by atoms with van der Waals surface area (Å²) in [4.78, 5) is 18.5. The van der Waals surface area contributed by atoms with E-state index < -0.39 is 5.60 Å². The number of carbonyl (C=O) groups is 1. The lowest BCUT2D eigenvalue weighted by Gasteiger charge is -2.33. The Hall–Kier alpha value is -3.12. The molecule has 2 aliphatic rings. The zero-order chi connectivity index (χ0) is 21.4. The molecule has 1 saturated heterocycles. The van der Waals surface area contributed by atoms with Gasteiger partial charge < -0.3 is 19.5 Å². The molecule has 6 heteroatoms. The Labute approximate surface area is 181 Å². The summed E-state index contributed by atoms with van der Waals surface area (Å²) in [6.45, 7) is 1.26. The summed E-state index contributed by atoms with van der Waals surface area (Å²) in [5.74, 6) is 1.50. The lowest BCUT2D eigenvalue weighted by molar-refractivity contribution is -0.144. The number of carbonyl (C=O) groups excluding carboxylic acids is 1. The quantitative estimate of drug-likeness (QED) is 0.682. The Kier molecular flexibility index (Phi) is 5.02. The van der Waals surface area contributed by atoms with E-state index in [9.17, 15) is 9.90 Å². The van der Waals surface area contributed by atoms with Gasteiger partial charge in [0.15, 0.2) is 0 Å². The van der Waals surface area contributed by atoms with E-state index in [2.05, 4.69) is 4.98 Å². The number of methoxy groups -OCH3 is 1. The van der Waals surface area contributed by atoms with Crippen molar-refractivity contribution in [2.24, 2.45) is 0 Å². The first-order valence-electron chi connectivity index (χ1n) is 10.8. The van der Waals surface area contributed by atoms with Crippen LogP contribution < -0.4 is 9.47 Å². The summed E-state index contributed by atoms with van der Waals surface area (Å²) in [7, 11) is 1.68. The second-order valence-corrected chi connectivity index (χ2v) is 8.41. The van der Waals surface area contributed by atoms with Gasteiger partial charge in [-0.25, -0.2) is 0 Å². The van der Waals surface area contributed by atoms with Gasteiger partial charge in [0.1, 0.15) is 23.2 Å². The van der Waals surface area contributed by atoms with Crippen molar-refractivity contribution in [3.8, 4) is 22.6 Å². The van der Waals surface area contributed by atoms with Gasteiger partial charge in [-0.05, 0) is 48.7 Å². The zero-order valence-electron chi connectivity index (χ0n) is 17.6. The highest BCUT2D eigenvalue weighted by molar-refractivity contribution is 5.88. The summed E-state index contributed by atoms with van der Waals surface area (Å²) < 4.78 is 11.8. The van der Waals surface area contributed by atoms with Crippen LogP contribution >= 0.6 is 0 Å². The van der Waals surface area contributed by atoms with Crippen molar-refractivity contribution < 1.29 is 19.4 Å². The highest BCUT2D eigenvalue weighted by Gasteiger charge is 2.50. The SMILES string of the molecule is COc1cc2cccnc2cc1-c1ccc(OC2CCN(C(=O)C3(O)CC3)CC2)cc1. The van der Waals surface area contributed by atoms with Crippen LogP contribution in [-0.4, -0.2) is 52.8 Å². The molecule has 1 aliphatic carbocycles. The topological polar surface area (TPSA) is 71.9 Å².